The standard InChI is InChI=1S/C36H41F2NP2.C24H34NP.C12H8F2IP.C6H15N.CH4/c1-6-7-18-39(41(35-14-10-8-12-31(35)37)36-15-11-9-13-32(36)38)40-33(29-21-25(2)19-26(3)22-29)16-17-34(40)30-23-27(4)20-28(5)24-30;1-6-7-10-25-26-23(21-13-17(2)11-18(3)14-21)8-9-24(26)22-15-19(4)12-20(5)16-22;13-9-5-1-3-7-11(9)16(15)12-8-4-2-6-10(12)14;1-4-7(5-2)6-3;/h8-15,19-24,33-34H,6-7,16-18H2,1-5H3;11-16,23-25H,6-10H2,1-5H3;1-8H;4-6H2,1-3H3;1H4/t33-,34-;23-,24-;;;/m00.../s1. The quantitative estimate of drug-likeness (QED) is 0.0355. The fourth-order valence-corrected chi connectivity index (χ4v) is 27.0. The average molecular weight is 1420 g/mol. The van der Waals surface area contributed by atoms with Crippen LogP contribution in [0.2, 0.25) is 0 Å². The minimum atomic E-state index is -1.43. The van der Waals surface area contributed by atoms with Gasteiger partial charge in [0, 0.05) is 64.0 Å². The molecule has 2 saturated heterocycles. The molecule has 0 amide bonds. The molecular formula is C79H102F4IN3P4. The monoisotopic (exact) mass is 1420 g/mol. The molecule has 0 radical (unpaired) electrons. The summed E-state index contributed by atoms with van der Waals surface area (Å²) in [5.41, 5.74) is 17.6. The predicted octanol–water partition coefficient (Wildman–Crippen LogP) is 23.3. The highest BCUT2D eigenvalue weighted by atomic mass is 127. The molecule has 2 aliphatic rings. The van der Waals surface area contributed by atoms with E-state index in [1.165, 1.54) is 125 Å². The number of hydrogen-bond acceptors (Lipinski definition) is 3. The zero-order valence-electron chi connectivity index (χ0n) is 55.7. The van der Waals surface area contributed by atoms with Crippen LogP contribution in [0.3, 0.4) is 0 Å². The Morgan fingerprint density at radius 3 is 0.989 bits per heavy atom. The SMILES string of the molecule is C.CCCCN(P(c1ccccc1F)c1ccccc1F)P1[C@H](c2cc(C)cc(C)c2)CC[C@H]1c1cc(C)cc(C)c1.CCCCNP1[C@H](c2cc(C)cc(C)c2)CC[C@H]1c1cc(C)cc(C)c1.CCN(CC)CC.Fc1ccccc1P(I)c1ccccc1F. The summed E-state index contributed by atoms with van der Waals surface area (Å²) in [7, 11) is -2.50. The topological polar surface area (TPSA) is 18.5 Å². The number of hydrogen-bond donors (Lipinski definition) is 1. The first-order valence-electron chi connectivity index (χ1n) is 32.7. The minimum absolute atomic E-state index is 0. The normalized spacial score (nSPS) is 16.5. The highest BCUT2D eigenvalue weighted by molar-refractivity contribution is 14.2. The maximum Gasteiger partial charge on any atom is 0.132 e. The molecule has 2 fully saturated rings. The molecule has 1 N–H and O–H groups in total. The highest BCUT2D eigenvalue weighted by Crippen LogP contribution is 2.76. The molecule has 0 aromatic heterocycles. The van der Waals surface area contributed by atoms with Crippen LogP contribution in [0, 0.1) is 78.7 Å². The fourth-order valence-electron chi connectivity index (χ4n) is 12.9. The third-order valence-electron chi connectivity index (χ3n) is 16.9. The Balaban J connectivity index is 0.000000223. The first-order valence-corrected chi connectivity index (χ1v) is 41.0. The zero-order chi connectivity index (χ0) is 65.0. The maximum absolute atomic E-state index is 15.8. The largest absolute Gasteiger partial charge is 0.304 e. The van der Waals surface area contributed by atoms with Gasteiger partial charge in [0.2, 0.25) is 0 Å². The number of nitrogens with zero attached hydrogens (tertiary/aromatic N) is 2. The lowest BCUT2D eigenvalue weighted by Gasteiger charge is -2.42. The highest BCUT2D eigenvalue weighted by Gasteiger charge is 2.45. The molecule has 2 heterocycles. The number of unbranched alkanes of at least 4 members (excludes halogenated alkanes) is 2. The summed E-state index contributed by atoms with van der Waals surface area (Å²) in [6.45, 7) is 34.2. The Hall–Kier alpha value is -4.19. The van der Waals surface area contributed by atoms with Crippen molar-refractivity contribution in [1.29, 1.82) is 0 Å². The summed E-state index contributed by atoms with van der Waals surface area (Å²) in [5.74, 6) is -1.04. The molecule has 488 valence electrons. The lowest BCUT2D eigenvalue weighted by atomic mass is 9.99. The molecule has 0 spiro atoms. The van der Waals surface area contributed by atoms with Gasteiger partial charge in [-0.3, -0.25) is 9.53 Å². The van der Waals surface area contributed by atoms with Crippen LogP contribution in [0.25, 0.3) is 0 Å². The smallest absolute Gasteiger partial charge is 0.132 e. The third kappa shape index (κ3) is 21.2. The van der Waals surface area contributed by atoms with Crippen LogP contribution in [-0.2, 0) is 0 Å². The Bertz CT molecular complexity index is 3250. The molecule has 0 aliphatic carbocycles. The van der Waals surface area contributed by atoms with Crippen LogP contribution in [0.5, 0.6) is 0 Å². The predicted molar refractivity (Wildman–Crippen MR) is 404 cm³/mol. The van der Waals surface area contributed by atoms with Crippen LogP contribution in [-0.4, -0.2) is 42.1 Å². The molecule has 0 bridgehead atoms. The van der Waals surface area contributed by atoms with Gasteiger partial charge in [-0.2, -0.15) is 0 Å². The van der Waals surface area contributed by atoms with Gasteiger partial charge >= 0.3 is 0 Å². The van der Waals surface area contributed by atoms with E-state index in [4.69, 9.17) is 0 Å². The minimum Gasteiger partial charge on any atom is -0.304 e. The van der Waals surface area contributed by atoms with E-state index >= 15 is 8.78 Å². The summed E-state index contributed by atoms with van der Waals surface area (Å²) >= 11 is 2.11. The fraction of sp³-hybridized carbons (Fsp3) is 0.392. The van der Waals surface area contributed by atoms with Gasteiger partial charge in [0.1, 0.15) is 23.3 Å². The number of benzene rings is 8. The van der Waals surface area contributed by atoms with Crippen molar-refractivity contribution in [2.24, 2.45) is 0 Å². The maximum atomic E-state index is 15.8. The van der Waals surface area contributed by atoms with Crippen LogP contribution in [0.4, 0.5) is 17.6 Å². The van der Waals surface area contributed by atoms with E-state index in [1.54, 1.807) is 59.7 Å². The molecule has 0 unspecified atom stereocenters. The molecule has 4 atom stereocenters. The molecule has 8 aromatic carbocycles. The number of halogens is 5. The Morgan fingerprint density at radius 2 is 0.703 bits per heavy atom. The molecule has 91 heavy (non-hydrogen) atoms. The number of rotatable bonds is 20. The van der Waals surface area contributed by atoms with Gasteiger partial charge in [-0.25, -0.2) is 17.6 Å². The van der Waals surface area contributed by atoms with E-state index in [9.17, 15) is 8.78 Å². The Morgan fingerprint density at radius 1 is 0.418 bits per heavy atom. The number of nitrogens with one attached hydrogen (secondary N) is 1. The van der Waals surface area contributed by atoms with E-state index < -0.39 is 21.7 Å². The van der Waals surface area contributed by atoms with Crippen LogP contribution < -0.4 is 26.3 Å². The van der Waals surface area contributed by atoms with Gasteiger partial charge in [0.15, 0.2) is 0 Å². The summed E-state index contributed by atoms with van der Waals surface area (Å²) in [6, 6.07) is 55.4. The van der Waals surface area contributed by atoms with Gasteiger partial charge in [0.05, 0.1) is 0 Å². The number of aryl methyl sites for hydroxylation is 8. The van der Waals surface area contributed by atoms with Gasteiger partial charge in [-0.1, -0.05) is 233 Å². The first-order chi connectivity index (χ1) is 43.3. The molecule has 0 saturated carbocycles. The van der Waals surface area contributed by atoms with Gasteiger partial charge in [-0.15, -0.1) is 0 Å². The lowest BCUT2D eigenvalue weighted by Crippen LogP contribution is -2.30. The average Bonchev–Trinajstić information content (AvgIpc) is 1.72. The van der Waals surface area contributed by atoms with Crippen LogP contribution in [0.15, 0.2) is 170 Å². The second kappa shape index (κ2) is 37.8. The van der Waals surface area contributed by atoms with Gasteiger partial charge in [-0.05, 0) is 217 Å². The third-order valence-corrected chi connectivity index (χ3v) is 31.2. The molecule has 8 aromatic rings. The summed E-state index contributed by atoms with van der Waals surface area (Å²) < 4.78 is 61.2. The summed E-state index contributed by atoms with van der Waals surface area (Å²) in [4.78, 5) is 2.38. The molecule has 3 nitrogen and oxygen atoms in total. The zero-order valence-corrected chi connectivity index (χ0v) is 61.5. The van der Waals surface area contributed by atoms with E-state index in [1.807, 2.05) is 24.3 Å². The van der Waals surface area contributed by atoms with Crippen LogP contribution in [0.1, 0.15) is 183 Å². The Kier molecular flexibility index (Phi) is 31.5. The summed E-state index contributed by atoms with van der Waals surface area (Å²) in [6.07, 6.45) is 9.33. The van der Waals surface area contributed by atoms with Gasteiger partial charge in [0.25, 0.3) is 0 Å². The van der Waals surface area contributed by atoms with E-state index in [0.29, 0.717) is 43.9 Å². The Labute approximate surface area is 565 Å². The van der Waals surface area contributed by atoms with Crippen molar-refractivity contribution in [3.05, 3.63) is 260 Å². The van der Waals surface area contributed by atoms with Crippen molar-refractivity contribution in [1.82, 2.24) is 14.4 Å². The van der Waals surface area contributed by atoms with Gasteiger partial charge < -0.3 is 4.90 Å². The van der Waals surface area contributed by atoms with Crippen molar-refractivity contribution in [3.8, 4) is 0 Å². The molecular weight excluding hydrogens is 1320 g/mol. The second-order valence-electron chi connectivity index (χ2n) is 24.4. The van der Waals surface area contributed by atoms with E-state index in [0.717, 1.165) is 38.8 Å². The lowest BCUT2D eigenvalue weighted by molar-refractivity contribution is 0.321. The van der Waals surface area contributed by atoms with Crippen molar-refractivity contribution in [2.45, 2.75) is 171 Å². The van der Waals surface area contributed by atoms with Crippen molar-refractivity contribution in [2.75, 3.05) is 32.7 Å². The van der Waals surface area contributed by atoms with Crippen LogP contribution >= 0.6 is 51.8 Å². The van der Waals surface area contributed by atoms with E-state index in [2.05, 4.69) is 199 Å². The second-order valence-corrected chi connectivity index (χ2v) is 36.1. The van der Waals surface area contributed by atoms with Crippen molar-refractivity contribution < 1.29 is 17.6 Å². The molecule has 2 aliphatic heterocycles. The van der Waals surface area contributed by atoms with Crippen molar-refractivity contribution >= 4 is 73.0 Å². The van der Waals surface area contributed by atoms with E-state index in [-0.39, 0.29) is 38.8 Å². The first kappa shape index (κ1) is 75.8. The van der Waals surface area contributed by atoms with Crippen molar-refractivity contribution in [3.63, 3.8) is 0 Å². The molecule has 10 rings (SSSR count). The molecule has 12 heteroatoms. The summed E-state index contributed by atoms with van der Waals surface area (Å²) in [5, 5.41) is 6.41.